The van der Waals surface area contributed by atoms with Crippen molar-refractivity contribution in [2.24, 2.45) is 0 Å². The van der Waals surface area contributed by atoms with Gasteiger partial charge in [0.05, 0.1) is 0 Å². The molecule has 1 N–H and O–H groups in total. The van der Waals surface area contributed by atoms with E-state index in [1.807, 2.05) is 0 Å². The molecule has 0 fully saturated rings. The molecule has 98 valence electrons. The molecular formula is C14H24ClNO. The summed E-state index contributed by atoms with van der Waals surface area (Å²) < 4.78 is 2.25. The summed E-state index contributed by atoms with van der Waals surface area (Å²) in [6.07, 6.45) is 11.3. The molecule has 1 aromatic heterocycles. The number of aryl methyl sites for hydroxylation is 2. The van der Waals surface area contributed by atoms with Crippen LogP contribution in [0.4, 0.5) is 0 Å². The smallest absolute Gasteiger partial charge is 0.169 e. The van der Waals surface area contributed by atoms with Gasteiger partial charge in [0, 0.05) is 25.2 Å². The van der Waals surface area contributed by atoms with E-state index in [2.05, 4.69) is 36.0 Å². The van der Waals surface area contributed by atoms with Gasteiger partial charge in [-0.25, -0.2) is 4.57 Å². The molecule has 0 saturated carbocycles. The fraction of sp³-hybridized carbons (Fsp3) is 0.643. The zero-order chi connectivity index (χ0) is 11.6. The second kappa shape index (κ2) is 10.5. The Morgan fingerprint density at radius 1 is 1.06 bits per heavy atom. The number of aliphatic hydroxyl groups is 1. The average molecular weight is 258 g/mol. The van der Waals surface area contributed by atoms with Gasteiger partial charge in [-0.05, 0) is 24.8 Å². The van der Waals surface area contributed by atoms with Gasteiger partial charge in [0.2, 0.25) is 0 Å². The molecule has 3 heteroatoms. The number of hydrogen-bond acceptors (Lipinski definition) is 1. The van der Waals surface area contributed by atoms with E-state index in [0.29, 0.717) is 6.61 Å². The zero-order valence-electron chi connectivity index (χ0n) is 10.7. The highest BCUT2D eigenvalue weighted by atomic mass is 35.5. The van der Waals surface area contributed by atoms with E-state index in [4.69, 9.17) is 5.11 Å². The van der Waals surface area contributed by atoms with E-state index >= 15 is 0 Å². The lowest BCUT2D eigenvalue weighted by atomic mass is 10.1. The van der Waals surface area contributed by atoms with Crippen LogP contribution in [-0.4, -0.2) is 11.7 Å². The van der Waals surface area contributed by atoms with Crippen LogP contribution in [0, 0.1) is 0 Å². The topological polar surface area (TPSA) is 24.1 Å². The summed E-state index contributed by atoms with van der Waals surface area (Å²) in [6, 6.07) is 4.44. The molecular weight excluding hydrogens is 234 g/mol. The third kappa shape index (κ3) is 7.35. The molecule has 1 heterocycles. The third-order valence-corrected chi connectivity index (χ3v) is 2.82. The van der Waals surface area contributed by atoms with Crippen LogP contribution in [0.2, 0.25) is 0 Å². The molecule has 0 aliphatic rings. The van der Waals surface area contributed by atoms with Crippen LogP contribution in [0.3, 0.4) is 0 Å². The highest BCUT2D eigenvalue weighted by Gasteiger charge is 2.00. The van der Waals surface area contributed by atoms with Crippen molar-refractivity contribution in [3.8, 4) is 0 Å². The van der Waals surface area contributed by atoms with Gasteiger partial charge in [-0.15, -0.1) is 0 Å². The maximum atomic E-state index is 8.66. The largest absolute Gasteiger partial charge is 1.00 e. The van der Waals surface area contributed by atoms with Crippen molar-refractivity contribution in [1.82, 2.24) is 0 Å². The number of pyridine rings is 1. The first-order valence-electron chi connectivity index (χ1n) is 6.45. The molecule has 0 aromatic carbocycles. The lowest BCUT2D eigenvalue weighted by molar-refractivity contribution is -0.697. The van der Waals surface area contributed by atoms with E-state index in [9.17, 15) is 0 Å². The predicted molar refractivity (Wildman–Crippen MR) is 66.2 cm³/mol. The van der Waals surface area contributed by atoms with Crippen LogP contribution >= 0.6 is 0 Å². The summed E-state index contributed by atoms with van der Waals surface area (Å²) in [5.74, 6) is 0. The number of nitrogens with zero attached hydrogens (tertiary/aromatic N) is 1. The van der Waals surface area contributed by atoms with Gasteiger partial charge >= 0.3 is 0 Å². The summed E-state index contributed by atoms with van der Waals surface area (Å²) in [7, 11) is 0. The third-order valence-electron chi connectivity index (χ3n) is 2.82. The summed E-state index contributed by atoms with van der Waals surface area (Å²) in [5, 5.41) is 8.66. The summed E-state index contributed by atoms with van der Waals surface area (Å²) in [4.78, 5) is 0. The first kappa shape index (κ1) is 16.4. The lowest BCUT2D eigenvalue weighted by Crippen LogP contribution is -3.00. The first-order valence-corrected chi connectivity index (χ1v) is 6.45. The van der Waals surface area contributed by atoms with Crippen LogP contribution in [0.25, 0.3) is 0 Å². The lowest BCUT2D eigenvalue weighted by Gasteiger charge is -1.99. The molecule has 0 bridgehead atoms. The number of halogens is 1. The molecule has 0 atom stereocenters. The van der Waals surface area contributed by atoms with E-state index in [1.165, 1.54) is 31.2 Å². The van der Waals surface area contributed by atoms with E-state index < -0.39 is 0 Å². The van der Waals surface area contributed by atoms with Crippen molar-refractivity contribution in [1.29, 1.82) is 0 Å². The highest BCUT2D eigenvalue weighted by Crippen LogP contribution is 2.01. The van der Waals surface area contributed by atoms with Crippen LogP contribution in [0.15, 0.2) is 24.5 Å². The molecule has 0 amide bonds. The van der Waals surface area contributed by atoms with Crippen LogP contribution in [-0.2, 0) is 13.0 Å². The molecule has 0 aliphatic heterocycles. The second-order valence-electron chi connectivity index (χ2n) is 4.33. The van der Waals surface area contributed by atoms with Crippen molar-refractivity contribution in [3.63, 3.8) is 0 Å². The molecule has 17 heavy (non-hydrogen) atoms. The van der Waals surface area contributed by atoms with E-state index in [0.717, 1.165) is 19.4 Å². The molecule has 2 nitrogen and oxygen atoms in total. The van der Waals surface area contributed by atoms with Gasteiger partial charge in [-0.1, -0.05) is 19.8 Å². The quantitative estimate of drug-likeness (QED) is 0.492. The van der Waals surface area contributed by atoms with Gasteiger partial charge in [0.25, 0.3) is 0 Å². The Balaban J connectivity index is 0.00000256. The Labute approximate surface area is 111 Å². The molecule has 0 aliphatic carbocycles. The van der Waals surface area contributed by atoms with Crippen molar-refractivity contribution in [2.75, 3.05) is 6.61 Å². The Morgan fingerprint density at radius 3 is 2.29 bits per heavy atom. The minimum Gasteiger partial charge on any atom is -1.00 e. The predicted octanol–water partition coefficient (Wildman–Crippen LogP) is -0.517. The molecule has 0 saturated heterocycles. The monoisotopic (exact) mass is 257 g/mol. The minimum atomic E-state index is 0. The first-order chi connectivity index (χ1) is 7.86. The highest BCUT2D eigenvalue weighted by molar-refractivity contribution is 5.06. The fourth-order valence-electron chi connectivity index (χ4n) is 1.85. The summed E-state index contributed by atoms with van der Waals surface area (Å²) in [5.41, 5.74) is 1.43. The Hall–Kier alpha value is -0.600. The summed E-state index contributed by atoms with van der Waals surface area (Å²) in [6.45, 7) is 3.64. The average Bonchev–Trinajstić information content (AvgIpc) is 2.31. The van der Waals surface area contributed by atoms with Gasteiger partial charge in [-0.3, -0.25) is 0 Å². The van der Waals surface area contributed by atoms with Crippen molar-refractivity contribution in [2.45, 2.75) is 52.0 Å². The van der Waals surface area contributed by atoms with E-state index in [-0.39, 0.29) is 12.4 Å². The fourth-order valence-corrected chi connectivity index (χ4v) is 1.85. The number of unbranched alkanes of at least 4 members (excludes halogenated alkanes) is 3. The van der Waals surface area contributed by atoms with Crippen molar-refractivity contribution < 1.29 is 22.1 Å². The molecule has 1 aromatic rings. The zero-order valence-corrected chi connectivity index (χ0v) is 11.5. The number of hydrogen-bond donors (Lipinski definition) is 1. The molecule has 0 spiro atoms. The van der Waals surface area contributed by atoms with Gasteiger partial charge in [-0.2, -0.15) is 0 Å². The molecule has 0 radical (unpaired) electrons. The normalized spacial score (nSPS) is 10.0. The van der Waals surface area contributed by atoms with Crippen LogP contribution in [0.5, 0.6) is 0 Å². The molecule has 1 rings (SSSR count). The van der Waals surface area contributed by atoms with Crippen molar-refractivity contribution in [3.05, 3.63) is 30.1 Å². The van der Waals surface area contributed by atoms with Gasteiger partial charge in [0.15, 0.2) is 12.4 Å². The van der Waals surface area contributed by atoms with Crippen LogP contribution in [0.1, 0.15) is 44.6 Å². The number of rotatable bonds is 8. The SMILES string of the molecule is CCCc1cc[n+](CCCCCCO)cc1.[Cl-]. The van der Waals surface area contributed by atoms with Gasteiger partial charge in [0.1, 0.15) is 6.54 Å². The Kier molecular flexibility index (Phi) is 10.2. The maximum Gasteiger partial charge on any atom is 0.169 e. The van der Waals surface area contributed by atoms with Crippen molar-refractivity contribution >= 4 is 0 Å². The Morgan fingerprint density at radius 2 is 1.71 bits per heavy atom. The van der Waals surface area contributed by atoms with E-state index in [1.54, 1.807) is 0 Å². The molecule has 0 unspecified atom stereocenters. The van der Waals surface area contributed by atoms with Gasteiger partial charge < -0.3 is 17.5 Å². The van der Waals surface area contributed by atoms with Crippen LogP contribution < -0.4 is 17.0 Å². The number of aliphatic hydroxyl groups excluding tert-OH is 1. The summed E-state index contributed by atoms with van der Waals surface area (Å²) >= 11 is 0. The number of aromatic nitrogens is 1. The Bertz CT molecular complexity index is 274. The second-order valence-corrected chi connectivity index (χ2v) is 4.33. The minimum absolute atomic E-state index is 0. The maximum absolute atomic E-state index is 8.66. The standard InChI is InChI=1S/C14H24NO.ClH/c1-2-7-14-8-11-15(12-9-14)10-5-3-4-6-13-16;/h8-9,11-12,16H,2-7,10,13H2,1H3;1H/q+1;/p-1.